The van der Waals surface area contributed by atoms with Crippen LogP contribution >= 0.6 is 0 Å². The Balaban J connectivity index is 2.11. The molecule has 11 heavy (non-hydrogen) atoms. The van der Waals surface area contributed by atoms with E-state index >= 15 is 0 Å². The minimum atomic E-state index is 0.143. The summed E-state index contributed by atoms with van der Waals surface area (Å²) in [4.78, 5) is 13.0. The molecule has 1 N–H and O–H groups in total. The first-order valence-corrected chi connectivity index (χ1v) is 4.03. The fourth-order valence-electron chi connectivity index (χ4n) is 1.06. The minimum absolute atomic E-state index is 0.143. The molecule has 0 spiro atoms. The predicted octanol–water partition coefficient (Wildman–Crippen LogP) is 0.0726. The smallest absolute Gasteiger partial charge is 0.234 e. The van der Waals surface area contributed by atoms with Crippen molar-refractivity contribution in [2.24, 2.45) is 5.92 Å². The molecule has 2 atom stereocenters. The van der Waals surface area contributed by atoms with Crippen LogP contribution in [0.1, 0.15) is 13.3 Å². The second-order valence-electron chi connectivity index (χ2n) is 3.62. The largest absolute Gasteiger partial charge is 0.352 e. The first kappa shape index (κ1) is 8.53. The third-order valence-electron chi connectivity index (χ3n) is 1.92. The summed E-state index contributed by atoms with van der Waals surface area (Å²) in [6, 6.07) is 0.461. The third kappa shape index (κ3) is 2.89. The molecule has 0 aromatic carbocycles. The van der Waals surface area contributed by atoms with Crippen LogP contribution in [0.15, 0.2) is 0 Å². The van der Waals surface area contributed by atoms with E-state index in [1.54, 1.807) is 0 Å². The topological polar surface area (TPSA) is 32.3 Å². The summed E-state index contributed by atoms with van der Waals surface area (Å²) in [6.07, 6.45) is 1.15. The molecule has 3 nitrogen and oxygen atoms in total. The molecule has 1 aliphatic rings. The average molecular weight is 156 g/mol. The van der Waals surface area contributed by atoms with Gasteiger partial charge in [0, 0.05) is 6.04 Å². The van der Waals surface area contributed by atoms with Crippen molar-refractivity contribution in [3.05, 3.63) is 0 Å². The number of hydrogen-bond donors (Lipinski definition) is 1. The second-order valence-corrected chi connectivity index (χ2v) is 3.62. The van der Waals surface area contributed by atoms with E-state index in [9.17, 15) is 4.79 Å². The molecule has 1 aliphatic carbocycles. The number of nitrogens with one attached hydrogen (secondary N) is 1. The highest BCUT2D eigenvalue weighted by Gasteiger charge is 2.33. The van der Waals surface area contributed by atoms with Crippen LogP contribution in [0.2, 0.25) is 0 Å². The normalized spacial score (nSPS) is 28.7. The number of likely N-dealkylation sites (N-methyl/N-ethyl adjacent to an activating group) is 1. The third-order valence-corrected chi connectivity index (χ3v) is 1.92. The Morgan fingerprint density at radius 2 is 2.18 bits per heavy atom. The van der Waals surface area contributed by atoms with Crippen LogP contribution < -0.4 is 5.32 Å². The van der Waals surface area contributed by atoms with E-state index in [2.05, 4.69) is 12.2 Å². The molecule has 0 bridgehead atoms. The molecule has 1 saturated carbocycles. The van der Waals surface area contributed by atoms with Crippen molar-refractivity contribution in [3.8, 4) is 0 Å². The Morgan fingerprint density at radius 3 is 2.55 bits per heavy atom. The molecule has 0 aliphatic heterocycles. The molecular weight excluding hydrogens is 140 g/mol. The number of carbonyl (C=O) groups excluding carboxylic acids is 1. The van der Waals surface area contributed by atoms with E-state index in [4.69, 9.17) is 0 Å². The summed E-state index contributed by atoms with van der Waals surface area (Å²) in [5.74, 6) is 0.838. The van der Waals surface area contributed by atoms with Crippen LogP contribution in [-0.2, 0) is 4.79 Å². The van der Waals surface area contributed by atoms with Crippen LogP contribution in [0.25, 0.3) is 0 Å². The van der Waals surface area contributed by atoms with Gasteiger partial charge in [0.1, 0.15) is 0 Å². The fourth-order valence-corrected chi connectivity index (χ4v) is 1.06. The molecule has 2 unspecified atom stereocenters. The highest BCUT2D eigenvalue weighted by atomic mass is 16.2. The maximum atomic E-state index is 11.1. The van der Waals surface area contributed by atoms with Crippen LogP contribution in [0, 0.1) is 5.92 Å². The van der Waals surface area contributed by atoms with E-state index in [1.165, 1.54) is 0 Å². The van der Waals surface area contributed by atoms with Crippen molar-refractivity contribution < 1.29 is 4.79 Å². The number of amides is 1. The van der Waals surface area contributed by atoms with Gasteiger partial charge in [0.15, 0.2) is 0 Å². The highest BCUT2D eigenvalue weighted by molar-refractivity contribution is 5.78. The lowest BCUT2D eigenvalue weighted by Crippen LogP contribution is -2.35. The summed E-state index contributed by atoms with van der Waals surface area (Å²) in [5, 5.41) is 2.95. The fraction of sp³-hybridized carbons (Fsp3) is 0.875. The van der Waals surface area contributed by atoms with Crippen molar-refractivity contribution in [1.82, 2.24) is 10.2 Å². The van der Waals surface area contributed by atoms with Gasteiger partial charge in [-0.05, 0) is 26.4 Å². The van der Waals surface area contributed by atoms with Gasteiger partial charge in [0.25, 0.3) is 0 Å². The van der Waals surface area contributed by atoms with Gasteiger partial charge in [-0.2, -0.15) is 0 Å². The predicted molar refractivity (Wildman–Crippen MR) is 44.3 cm³/mol. The molecule has 64 valence electrons. The zero-order chi connectivity index (χ0) is 8.43. The molecule has 1 amide bonds. The van der Waals surface area contributed by atoms with Crippen molar-refractivity contribution >= 4 is 5.91 Å². The Morgan fingerprint density at radius 1 is 1.64 bits per heavy atom. The number of nitrogens with zero attached hydrogens (tertiary/aromatic N) is 1. The van der Waals surface area contributed by atoms with Gasteiger partial charge in [-0.3, -0.25) is 4.79 Å². The number of hydrogen-bond acceptors (Lipinski definition) is 2. The van der Waals surface area contributed by atoms with Crippen LogP contribution in [0.4, 0.5) is 0 Å². The molecular formula is C8H16N2O. The summed E-state index contributed by atoms with van der Waals surface area (Å²) in [7, 11) is 3.80. The van der Waals surface area contributed by atoms with Gasteiger partial charge in [-0.1, -0.05) is 6.92 Å². The molecule has 0 aromatic heterocycles. The van der Waals surface area contributed by atoms with Crippen LogP contribution in [-0.4, -0.2) is 37.5 Å². The second kappa shape index (κ2) is 3.22. The van der Waals surface area contributed by atoms with Gasteiger partial charge in [0.05, 0.1) is 6.54 Å². The summed E-state index contributed by atoms with van der Waals surface area (Å²) in [5.41, 5.74) is 0. The first-order chi connectivity index (χ1) is 5.09. The van der Waals surface area contributed by atoms with Gasteiger partial charge in [-0.25, -0.2) is 0 Å². The molecule has 0 saturated heterocycles. The van der Waals surface area contributed by atoms with E-state index < -0.39 is 0 Å². The first-order valence-electron chi connectivity index (χ1n) is 4.03. The monoisotopic (exact) mass is 156 g/mol. The van der Waals surface area contributed by atoms with E-state index in [-0.39, 0.29) is 5.91 Å². The standard InChI is InChI=1S/C8H16N2O/c1-6-4-7(6)9-8(11)5-10(2)3/h6-7H,4-5H2,1-3H3,(H,9,11). The maximum absolute atomic E-state index is 11.1. The summed E-state index contributed by atoms with van der Waals surface area (Å²) < 4.78 is 0. The lowest BCUT2D eigenvalue weighted by atomic mass is 10.4. The zero-order valence-corrected chi connectivity index (χ0v) is 7.42. The zero-order valence-electron chi connectivity index (χ0n) is 7.42. The van der Waals surface area contributed by atoms with Gasteiger partial charge >= 0.3 is 0 Å². The van der Waals surface area contributed by atoms with E-state index in [1.807, 2.05) is 19.0 Å². The van der Waals surface area contributed by atoms with Crippen molar-refractivity contribution in [3.63, 3.8) is 0 Å². The average Bonchev–Trinajstić information content (AvgIpc) is 2.43. The number of rotatable bonds is 3. The molecule has 0 heterocycles. The highest BCUT2D eigenvalue weighted by Crippen LogP contribution is 2.28. The lowest BCUT2D eigenvalue weighted by molar-refractivity contribution is -0.121. The molecule has 1 rings (SSSR count). The van der Waals surface area contributed by atoms with Gasteiger partial charge in [0.2, 0.25) is 5.91 Å². The Labute approximate surface area is 67.8 Å². The quantitative estimate of drug-likeness (QED) is 0.627. The van der Waals surface area contributed by atoms with Gasteiger partial charge < -0.3 is 10.2 Å². The number of carbonyl (C=O) groups is 1. The molecule has 0 aromatic rings. The van der Waals surface area contributed by atoms with Crippen molar-refractivity contribution in [2.75, 3.05) is 20.6 Å². The maximum Gasteiger partial charge on any atom is 0.234 e. The molecule has 1 fully saturated rings. The molecule has 0 radical (unpaired) electrons. The summed E-state index contributed by atoms with van der Waals surface area (Å²) in [6.45, 7) is 2.66. The van der Waals surface area contributed by atoms with Gasteiger partial charge in [-0.15, -0.1) is 0 Å². The lowest BCUT2D eigenvalue weighted by Gasteiger charge is -2.09. The van der Waals surface area contributed by atoms with E-state index in [0.29, 0.717) is 18.5 Å². The Kier molecular flexibility index (Phi) is 2.49. The van der Waals surface area contributed by atoms with Crippen LogP contribution in [0.5, 0.6) is 0 Å². The SMILES string of the molecule is CC1CC1NC(=O)CN(C)C. The minimum Gasteiger partial charge on any atom is -0.352 e. The van der Waals surface area contributed by atoms with Crippen molar-refractivity contribution in [1.29, 1.82) is 0 Å². The summed E-state index contributed by atoms with van der Waals surface area (Å²) >= 11 is 0. The van der Waals surface area contributed by atoms with Crippen LogP contribution in [0.3, 0.4) is 0 Å². The van der Waals surface area contributed by atoms with E-state index in [0.717, 1.165) is 6.42 Å². The Bertz CT molecular complexity index is 156. The Hall–Kier alpha value is -0.570. The van der Waals surface area contributed by atoms with Crippen molar-refractivity contribution in [2.45, 2.75) is 19.4 Å². The molecule has 3 heteroatoms.